The van der Waals surface area contributed by atoms with Crippen LogP contribution in [0.3, 0.4) is 0 Å². The minimum Gasteiger partial charge on any atom is -0.321 e. The zero-order chi connectivity index (χ0) is 21.0. The average molecular weight is 433 g/mol. The highest BCUT2D eigenvalue weighted by Crippen LogP contribution is 2.31. The molecular weight excluding hydrogens is 411 g/mol. The average Bonchev–Trinajstić information content (AvgIpc) is 3.24. The summed E-state index contributed by atoms with van der Waals surface area (Å²) in [7, 11) is -4.02. The van der Waals surface area contributed by atoms with E-state index in [0.29, 0.717) is 5.69 Å². The molecule has 0 saturated carbocycles. The van der Waals surface area contributed by atoms with Crippen molar-refractivity contribution in [3.05, 3.63) is 71.4 Å². The third-order valence-corrected chi connectivity index (χ3v) is 7.45. The molecule has 3 aromatic rings. The Hall–Kier alpha value is -2.55. The van der Waals surface area contributed by atoms with Gasteiger partial charge >= 0.3 is 0 Å². The lowest BCUT2D eigenvalue weighted by Gasteiger charge is -2.19. The fourth-order valence-electron chi connectivity index (χ4n) is 2.98. The summed E-state index contributed by atoms with van der Waals surface area (Å²) in [5, 5.41) is 4.75. The van der Waals surface area contributed by atoms with Crippen molar-refractivity contribution in [2.75, 3.05) is 18.4 Å². The van der Waals surface area contributed by atoms with Gasteiger partial charge in [0.1, 0.15) is 10.7 Å². The lowest BCUT2D eigenvalue weighted by atomic mass is 10.1. The Morgan fingerprint density at radius 2 is 1.79 bits per heavy atom. The van der Waals surface area contributed by atoms with Crippen LogP contribution < -0.4 is 5.32 Å². The van der Waals surface area contributed by atoms with Gasteiger partial charge < -0.3 is 5.32 Å². The number of anilines is 1. The highest BCUT2D eigenvalue weighted by atomic mass is 32.2. The van der Waals surface area contributed by atoms with Gasteiger partial charge in [0.2, 0.25) is 10.0 Å². The monoisotopic (exact) mass is 432 g/mol. The number of carbonyl (C=O) groups excluding carboxylic acids is 1. The highest BCUT2D eigenvalue weighted by molar-refractivity contribution is 7.89. The van der Waals surface area contributed by atoms with Crippen LogP contribution in [0, 0.1) is 5.82 Å². The first-order valence-electron chi connectivity index (χ1n) is 9.12. The number of hydrogen-bond donors (Lipinski definition) is 1. The van der Waals surface area contributed by atoms with Crippen molar-refractivity contribution < 1.29 is 17.6 Å². The predicted octanol–water partition coefficient (Wildman–Crippen LogP) is 4.84. The molecule has 0 aliphatic heterocycles. The molecule has 152 valence electrons. The zero-order valence-electron chi connectivity index (χ0n) is 16.1. The number of nitrogens with zero attached hydrogens (tertiary/aromatic N) is 1. The maximum Gasteiger partial charge on any atom is 0.255 e. The number of para-hydroxylation sites is 1. The van der Waals surface area contributed by atoms with E-state index in [4.69, 9.17) is 0 Å². The number of nitrogens with one attached hydrogen (secondary N) is 1. The maximum absolute atomic E-state index is 14.3. The fraction of sp³-hybridized carbons (Fsp3) is 0.190. The standard InChI is InChI=1S/C21H21FN2O3S2/c1-3-24(4-2)29(26,27)20-14-15(11-12-17(20)22)21(25)23-18-9-6-5-8-16(18)19-10-7-13-28-19/h5-14H,3-4H2,1-2H3,(H,23,25). The van der Waals surface area contributed by atoms with E-state index in [0.717, 1.165) is 26.9 Å². The topological polar surface area (TPSA) is 66.5 Å². The summed E-state index contributed by atoms with van der Waals surface area (Å²) >= 11 is 1.54. The second-order valence-electron chi connectivity index (χ2n) is 6.21. The van der Waals surface area contributed by atoms with Gasteiger partial charge in [0.15, 0.2) is 0 Å². The van der Waals surface area contributed by atoms with E-state index in [1.165, 1.54) is 6.07 Å². The molecule has 0 atom stereocenters. The molecule has 8 heteroatoms. The Bertz CT molecular complexity index is 1110. The number of carbonyl (C=O) groups is 1. The molecule has 0 unspecified atom stereocenters. The smallest absolute Gasteiger partial charge is 0.255 e. The van der Waals surface area contributed by atoms with Crippen LogP contribution in [0.5, 0.6) is 0 Å². The molecule has 1 amide bonds. The van der Waals surface area contributed by atoms with Crippen molar-refractivity contribution in [3.63, 3.8) is 0 Å². The Kier molecular flexibility index (Phi) is 6.46. The van der Waals surface area contributed by atoms with E-state index in [2.05, 4.69) is 5.32 Å². The summed E-state index contributed by atoms with van der Waals surface area (Å²) < 4.78 is 40.9. The van der Waals surface area contributed by atoms with E-state index >= 15 is 0 Å². The van der Waals surface area contributed by atoms with Gasteiger partial charge in [-0.15, -0.1) is 11.3 Å². The van der Waals surface area contributed by atoms with Crippen molar-refractivity contribution in [1.82, 2.24) is 4.31 Å². The normalized spacial score (nSPS) is 11.6. The molecule has 3 rings (SSSR count). The molecule has 1 aromatic heterocycles. The molecule has 0 bridgehead atoms. The predicted molar refractivity (Wildman–Crippen MR) is 114 cm³/mol. The molecule has 1 N–H and O–H groups in total. The van der Waals surface area contributed by atoms with Crippen molar-refractivity contribution in [3.8, 4) is 10.4 Å². The van der Waals surface area contributed by atoms with Gasteiger partial charge in [0.25, 0.3) is 5.91 Å². The number of rotatable bonds is 7. The van der Waals surface area contributed by atoms with Gasteiger partial charge in [-0.3, -0.25) is 4.79 Å². The number of benzene rings is 2. The zero-order valence-corrected chi connectivity index (χ0v) is 17.7. The largest absolute Gasteiger partial charge is 0.321 e. The lowest BCUT2D eigenvalue weighted by molar-refractivity contribution is 0.102. The summed E-state index contributed by atoms with van der Waals surface area (Å²) in [6, 6.07) is 14.6. The van der Waals surface area contributed by atoms with Crippen molar-refractivity contribution in [2.45, 2.75) is 18.7 Å². The Labute approximate surface area is 173 Å². The van der Waals surface area contributed by atoms with Crippen molar-refractivity contribution in [2.24, 2.45) is 0 Å². The number of sulfonamides is 1. The van der Waals surface area contributed by atoms with Crippen LogP contribution in [0.2, 0.25) is 0 Å². The van der Waals surface area contributed by atoms with Gasteiger partial charge in [-0.1, -0.05) is 38.1 Å². The fourth-order valence-corrected chi connectivity index (χ4v) is 5.29. The van der Waals surface area contributed by atoms with Crippen LogP contribution >= 0.6 is 11.3 Å². The van der Waals surface area contributed by atoms with Crippen LogP contribution in [0.15, 0.2) is 64.9 Å². The second-order valence-corrected chi connectivity index (χ2v) is 9.07. The number of thiophene rings is 1. The van der Waals surface area contributed by atoms with E-state index in [-0.39, 0.29) is 18.7 Å². The third-order valence-electron chi connectivity index (χ3n) is 4.48. The van der Waals surface area contributed by atoms with E-state index in [1.54, 1.807) is 37.3 Å². The van der Waals surface area contributed by atoms with Gasteiger partial charge in [-0.25, -0.2) is 12.8 Å². The summed E-state index contributed by atoms with van der Waals surface area (Å²) in [6.45, 7) is 3.78. The molecule has 0 radical (unpaired) electrons. The number of amides is 1. The van der Waals surface area contributed by atoms with Crippen LogP contribution in [0.25, 0.3) is 10.4 Å². The molecule has 5 nitrogen and oxygen atoms in total. The minimum atomic E-state index is -4.02. The molecule has 29 heavy (non-hydrogen) atoms. The minimum absolute atomic E-state index is 0.0677. The second kappa shape index (κ2) is 8.86. The molecule has 0 saturated heterocycles. The van der Waals surface area contributed by atoms with Crippen LogP contribution in [0.1, 0.15) is 24.2 Å². The van der Waals surface area contributed by atoms with Gasteiger partial charge in [0.05, 0.1) is 0 Å². The Morgan fingerprint density at radius 1 is 1.07 bits per heavy atom. The molecule has 0 aliphatic carbocycles. The Balaban J connectivity index is 1.94. The van der Waals surface area contributed by atoms with Gasteiger partial charge in [-0.05, 0) is 35.7 Å². The molecule has 0 spiro atoms. The van der Waals surface area contributed by atoms with Gasteiger partial charge in [-0.2, -0.15) is 4.31 Å². The van der Waals surface area contributed by atoms with Crippen LogP contribution in [-0.4, -0.2) is 31.7 Å². The first-order valence-corrected chi connectivity index (χ1v) is 11.4. The third kappa shape index (κ3) is 4.39. The van der Waals surface area contributed by atoms with Gasteiger partial charge in [0, 0.05) is 34.8 Å². The first-order chi connectivity index (χ1) is 13.9. The van der Waals surface area contributed by atoms with E-state index in [1.807, 2.05) is 29.6 Å². The number of halogens is 1. The van der Waals surface area contributed by atoms with E-state index < -0.39 is 26.6 Å². The van der Waals surface area contributed by atoms with Crippen LogP contribution in [0.4, 0.5) is 10.1 Å². The number of hydrogen-bond acceptors (Lipinski definition) is 4. The quantitative estimate of drug-likeness (QED) is 0.581. The summed E-state index contributed by atoms with van der Waals surface area (Å²) in [4.78, 5) is 13.3. The van der Waals surface area contributed by atoms with Crippen LogP contribution in [-0.2, 0) is 10.0 Å². The molecule has 2 aromatic carbocycles. The Morgan fingerprint density at radius 3 is 2.45 bits per heavy atom. The lowest BCUT2D eigenvalue weighted by Crippen LogP contribution is -2.31. The molecule has 1 heterocycles. The molecule has 0 fully saturated rings. The van der Waals surface area contributed by atoms with Crippen molar-refractivity contribution >= 4 is 33.0 Å². The maximum atomic E-state index is 14.3. The molecule has 0 aliphatic rings. The SMILES string of the molecule is CCN(CC)S(=O)(=O)c1cc(C(=O)Nc2ccccc2-c2cccs2)ccc1F. The summed E-state index contributed by atoms with van der Waals surface area (Å²) in [5.74, 6) is -1.39. The van der Waals surface area contributed by atoms with E-state index in [9.17, 15) is 17.6 Å². The first kappa shape index (κ1) is 21.2. The summed E-state index contributed by atoms with van der Waals surface area (Å²) in [5.41, 5.74) is 1.52. The highest BCUT2D eigenvalue weighted by Gasteiger charge is 2.26. The molecular formula is C21H21FN2O3S2. The summed E-state index contributed by atoms with van der Waals surface area (Å²) in [6.07, 6.45) is 0. The van der Waals surface area contributed by atoms with Crippen molar-refractivity contribution in [1.29, 1.82) is 0 Å².